The molecule has 0 aliphatic heterocycles. The van der Waals surface area contributed by atoms with Crippen LogP contribution in [-0.4, -0.2) is 37.2 Å². The summed E-state index contributed by atoms with van der Waals surface area (Å²) in [6.07, 6.45) is 6.66. The van der Waals surface area contributed by atoms with Crippen molar-refractivity contribution in [1.82, 2.24) is 5.32 Å². The van der Waals surface area contributed by atoms with E-state index in [4.69, 9.17) is 9.47 Å². The van der Waals surface area contributed by atoms with E-state index in [0.717, 1.165) is 18.4 Å². The van der Waals surface area contributed by atoms with Crippen LogP contribution in [0.2, 0.25) is 0 Å². The molecule has 25 heavy (non-hydrogen) atoms. The summed E-state index contributed by atoms with van der Waals surface area (Å²) in [5.41, 5.74) is 0.803. The van der Waals surface area contributed by atoms with Gasteiger partial charge in [0.25, 0.3) is 5.91 Å². The molecule has 6 heteroatoms. The fraction of sp³-hybridized carbons (Fsp3) is 0.579. The maximum Gasteiger partial charge on any atom is 0.306 e. The minimum absolute atomic E-state index is 0.0375. The molecule has 1 aromatic carbocycles. The highest BCUT2D eigenvalue weighted by molar-refractivity contribution is 5.80. The summed E-state index contributed by atoms with van der Waals surface area (Å²) in [7, 11) is 1.48. The maximum atomic E-state index is 11.7. The van der Waals surface area contributed by atoms with E-state index >= 15 is 0 Å². The van der Waals surface area contributed by atoms with Crippen molar-refractivity contribution < 1.29 is 24.2 Å². The van der Waals surface area contributed by atoms with Crippen LogP contribution in [0.25, 0.3) is 0 Å². The summed E-state index contributed by atoms with van der Waals surface area (Å²) in [4.78, 5) is 23.5. The van der Waals surface area contributed by atoms with Gasteiger partial charge in [-0.25, -0.2) is 0 Å². The lowest BCUT2D eigenvalue weighted by Gasteiger charge is -2.21. The molecule has 1 saturated carbocycles. The second-order valence-corrected chi connectivity index (χ2v) is 6.47. The summed E-state index contributed by atoms with van der Waals surface area (Å²) < 4.78 is 9.97. The Bertz CT molecular complexity index is 581. The van der Waals surface area contributed by atoms with E-state index in [-0.39, 0.29) is 24.7 Å². The number of carbonyl (C=O) groups excluding carboxylic acids is 2. The van der Waals surface area contributed by atoms with E-state index in [9.17, 15) is 14.7 Å². The molecule has 1 aliphatic carbocycles. The highest BCUT2D eigenvalue weighted by Crippen LogP contribution is 2.26. The molecule has 0 spiro atoms. The standard InChI is InChI=1S/C19H27NO5/c1-24-17-9-7-14(11-16(17)21)8-10-19(23)25-13-18(22)20-12-15-5-3-2-4-6-15/h7,9,11,15,21H,2-6,8,10,12-13H2,1H3,(H,20,22). The Morgan fingerprint density at radius 1 is 1.24 bits per heavy atom. The highest BCUT2D eigenvalue weighted by Gasteiger charge is 2.15. The van der Waals surface area contributed by atoms with Gasteiger partial charge in [-0.2, -0.15) is 0 Å². The Balaban J connectivity index is 1.63. The van der Waals surface area contributed by atoms with Gasteiger partial charge < -0.3 is 19.9 Å². The first-order valence-corrected chi connectivity index (χ1v) is 8.86. The van der Waals surface area contributed by atoms with Crippen molar-refractivity contribution in [3.05, 3.63) is 23.8 Å². The third-order valence-electron chi connectivity index (χ3n) is 4.54. The lowest BCUT2D eigenvalue weighted by atomic mass is 9.89. The molecule has 0 radical (unpaired) electrons. The number of ether oxygens (including phenoxy) is 2. The van der Waals surface area contributed by atoms with E-state index < -0.39 is 5.97 Å². The number of nitrogens with one attached hydrogen (secondary N) is 1. The molecule has 0 bridgehead atoms. The summed E-state index contributed by atoms with van der Waals surface area (Å²) in [5, 5.41) is 12.5. The number of aromatic hydroxyl groups is 1. The zero-order valence-corrected chi connectivity index (χ0v) is 14.8. The number of amides is 1. The highest BCUT2D eigenvalue weighted by atomic mass is 16.5. The van der Waals surface area contributed by atoms with Crippen molar-refractivity contribution in [3.63, 3.8) is 0 Å². The van der Waals surface area contributed by atoms with Crippen LogP contribution in [0.15, 0.2) is 18.2 Å². The average molecular weight is 349 g/mol. The molecule has 1 fully saturated rings. The van der Waals surface area contributed by atoms with Crippen molar-refractivity contribution in [2.45, 2.75) is 44.9 Å². The lowest BCUT2D eigenvalue weighted by molar-refractivity contribution is -0.148. The zero-order chi connectivity index (χ0) is 18.1. The topological polar surface area (TPSA) is 84.9 Å². The SMILES string of the molecule is COc1ccc(CCC(=O)OCC(=O)NCC2CCCCC2)cc1O. The monoisotopic (exact) mass is 349 g/mol. The summed E-state index contributed by atoms with van der Waals surface area (Å²) >= 11 is 0. The second kappa shape index (κ2) is 9.91. The molecule has 1 amide bonds. The summed E-state index contributed by atoms with van der Waals surface area (Å²) in [5.74, 6) is 0.303. The minimum Gasteiger partial charge on any atom is -0.504 e. The van der Waals surface area contributed by atoms with Gasteiger partial charge in [0, 0.05) is 13.0 Å². The van der Waals surface area contributed by atoms with Gasteiger partial charge in [-0.3, -0.25) is 9.59 Å². The number of methoxy groups -OCH3 is 1. The Kier molecular flexibility index (Phi) is 7.57. The van der Waals surface area contributed by atoms with Crippen molar-refractivity contribution >= 4 is 11.9 Å². The molecule has 0 heterocycles. The van der Waals surface area contributed by atoms with Crippen molar-refractivity contribution in [2.75, 3.05) is 20.3 Å². The Morgan fingerprint density at radius 3 is 2.68 bits per heavy atom. The first-order valence-electron chi connectivity index (χ1n) is 8.86. The number of phenolic OH excluding ortho intramolecular Hbond substituents is 1. The Morgan fingerprint density at radius 2 is 2.00 bits per heavy atom. The van der Waals surface area contributed by atoms with Crippen LogP contribution in [0.5, 0.6) is 11.5 Å². The molecular formula is C19H27NO5. The third kappa shape index (κ3) is 6.64. The van der Waals surface area contributed by atoms with Crippen LogP contribution < -0.4 is 10.1 Å². The smallest absolute Gasteiger partial charge is 0.306 e. The molecule has 0 atom stereocenters. The largest absolute Gasteiger partial charge is 0.504 e. The summed E-state index contributed by atoms with van der Waals surface area (Å²) in [6, 6.07) is 4.99. The van der Waals surface area contributed by atoms with E-state index in [1.54, 1.807) is 18.2 Å². The molecule has 2 rings (SSSR count). The normalized spacial score (nSPS) is 14.8. The first-order chi connectivity index (χ1) is 12.1. The number of rotatable bonds is 8. The molecular weight excluding hydrogens is 322 g/mol. The molecule has 1 aliphatic rings. The van der Waals surface area contributed by atoms with Gasteiger partial charge in [0.15, 0.2) is 18.1 Å². The number of phenols is 1. The molecule has 0 unspecified atom stereocenters. The maximum absolute atomic E-state index is 11.7. The zero-order valence-electron chi connectivity index (χ0n) is 14.8. The van der Waals surface area contributed by atoms with Gasteiger partial charge in [-0.15, -0.1) is 0 Å². The Hall–Kier alpha value is -2.24. The number of aryl methyl sites for hydroxylation is 1. The van der Waals surface area contributed by atoms with Crippen LogP contribution in [0, 0.1) is 5.92 Å². The van der Waals surface area contributed by atoms with Gasteiger partial charge in [0.2, 0.25) is 0 Å². The third-order valence-corrected chi connectivity index (χ3v) is 4.54. The van der Waals surface area contributed by atoms with Crippen LogP contribution in [0.3, 0.4) is 0 Å². The number of benzene rings is 1. The summed E-state index contributed by atoms with van der Waals surface area (Å²) in [6.45, 7) is 0.431. The van der Waals surface area contributed by atoms with Gasteiger partial charge >= 0.3 is 5.97 Å². The van der Waals surface area contributed by atoms with Crippen molar-refractivity contribution in [2.24, 2.45) is 5.92 Å². The number of esters is 1. The molecule has 1 aromatic rings. The number of hydrogen-bond donors (Lipinski definition) is 2. The molecule has 138 valence electrons. The first kappa shape index (κ1) is 19.1. The minimum atomic E-state index is -0.428. The van der Waals surface area contributed by atoms with Gasteiger partial charge in [0.1, 0.15) is 0 Å². The quantitative estimate of drug-likeness (QED) is 0.705. The molecule has 6 nitrogen and oxygen atoms in total. The lowest BCUT2D eigenvalue weighted by Crippen LogP contribution is -2.33. The van der Waals surface area contributed by atoms with Crippen LogP contribution in [0.4, 0.5) is 0 Å². The van der Waals surface area contributed by atoms with Crippen LogP contribution >= 0.6 is 0 Å². The van der Waals surface area contributed by atoms with Crippen molar-refractivity contribution in [3.8, 4) is 11.5 Å². The fourth-order valence-corrected chi connectivity index (χ4v) is 3.06. The van der Waals surface area contributed by atoms with E-state index in [0.29, 0.717) is 24.6 Å². The van der Waals surface area contributed by atoms with Crippen LogP contribution in [-0.2, 0) is 20.7 Å². The van der Waals surface area contributed by atoms with Crippen LogP contribution in [0.1, 0.15) is 44.1 Å². The second-order valence-electron chi connectivity index (χ2n) is 6.47. The number of carbonyl (C=O) groups is 2. The molecule has 2 N–H and O–H groups in total. The predicted molar refractivity (Wildman–Crippen MR) is 93.5 cm³/mol. The van der Waals surface area contributed by atoms with Gasteiger partial charge in [-0.1, -0.05) is 25.3 Å². The van der Waals surface area contributed by atoms with Gasteiger partial charge in [-0.05, 0) is 42.9 Å². The molecule has 0 saturated heterocycles. The van der Waals surface area contributed by atoms with E-state index in [1.807, 2.05) is 0 Å². The fourth-order valence-electron chi connectivity index (χ4n) is 3.06. The van der Waals surface area contributed by atoms with E-state index in [2.05, 4.69) is 5.32 Å². The predicted octanol–water partition coefficient (Wildman–Crippen LogP) is 2.57. The van der Waals surface area contributed by atoms with E-state index in [1.165, 1.54) is 26.4 Å². The van der Waals surface area contributed by atoms with Crippen molar-refractivity contribution in [1.29, 1.82) is 0 Å². The average Bonchev–Trinajstić information content (AvgIpc) is 2.64. The Labute approximate surface area is 148 Å². The van der Waals surface area contributed by atoms with Gasteiger partial charge in [0.05, 0.1) is 7.11 Å². The number of hydrogen-bond acceptors (Lipinski definition) is 5. The molecule has 0 aromatic heterocycles.